The highest BCUT2D eigenvalue weighted by molar-refractivity contribution is 14.0. The van der Waals surface area contributed by atoms with Gasteiger partial charge in [0, 0.05) is 19.7 Å². The number of ether oxygens (including phenoxy) is 2. The molecule has 1 aromatic heterocycles. The first-order chi connectivity index (χ1) is 11.7. The molecule has 0 unspecified atom stereocenters. The number of aliphatic imine (C=N–C) groups is 1. The molecule has 0 saturated carbocycles. The minimum atomic E-state index is 0. The van der Waals surface area contributed by atoms with Crippen LogP contribution in [-0.4, -0.2) is 47.5 Å². The monoisotopic (exact) mass is 460 g/mol. The Hall–Kier alpha value is -2.04. The first kappa shape index (κ1) is 21.0. The lowest BCUT2D eigenvalue weighted by atomic mass is 10.3. The van der Waals surface area contributed by atoms with Crippen LogP contribution < -0.4 is 20.1 Å². The molecule has 138 valence electrons. The van der Waals surface area contributed by atoms with Crippen LogP contribution in [0.3, 0.4) is 0 Å². The molecule has 2 N–H and O–H groups in total. The number of nitrogens with one attached hydrogen (secondary N) is 2. The topological polar surface area (TPSA) is 85.6 Å². The van der Waals surface area contributed by atoms with Crippen molar-refractivity contribution in [2.75, 3.05) is 26.8 Å². The van der Waals surface area contributed by atoms with Gasteiger partial charge in [-0.15, -0.1) is 24.0 Å². The molecule has 1 aromatic carbocycles. The van der Waals surface area contributed by atoms with Gasteiger partial charge in [-0.05, 0) is 19.1 Å². The van der Waals surface area contributed by atoms with E-state index >= 15 is 0 Å². The third-order valence-electron chi connectivity index (χ3n) is 3.23. The summed E-state index contributed by atoms with van der Waals surface area (Å²) < 4.78 is 12.6. The van der Waals surface area contributed by atoms with E-state index in [0.717, 1.165) is 29.8 Å². The molecule has 0 bridgehead atoms. The van der Waals surface area contributed by atoms with Crippen molar-refractivity contribution in [1.82, 2.24) is 25.4 Å². The highest BCUT2D eigenvalue weighted by Gasteiger charge is 2.02. The van der Waals surface area contributed by atoms with Gasteiger partial charge in [0.1, 0.15) is 36.8 Å². The van der Waals surface area contributed by atoms with Crippen molar-refractivity contribution in [2.45, 2.75) is 13.5 Å². The molecule has 8 nitrogen and oxygen atoms in total. The fourth-order valence-corrected chi connectivity index (χ4v) is 1.98. The molecule has 0 radical (unpaired) electrons. The van der Waals surface area contributed by atoms with Crippen LogP contribution in [0.1, 0.15) is 12.7 Å². The van der Waals surface area contributed by atoms with Crippen LogP contribution in [0.25, 0.3) is 0 Å². The van der Waals surface area contributed by atoms with E-state index < -0.39 is 0 Å². The normalized spacial score (nSPS) is 10.8. The van der Waals surface area contributed by atoms with Crippen LogP contribution in [0.2, 0.25) is 0 Å². The molecule has 1 heterocycles. The Morgan fingerprint density at radius 3 is 2.76 bits per heavy atom. The molecular weight excluding hydrogens is 435 g/mol. The van der Waals surface area contributed by atoms with Crippen molar-refractivity contribution < 1.29 is 9.47 Å². The van der Waals surface area contributed by atoms with Gasteiger partial charge in [0.05, 0.1) is 13.7 Å². The Balaban J connectivity index is 0.00000312. The second-order valence-electron chi connectivity index (χ2n) is 4.95. The minimum Gasteiger partial charge on any atom is -0.497 e. The van der Waals surface area contributed by atoms with Gasteiger partial charge in [-0.2, -0.15) is 5.10 Å². The summed E-state index contributed by atoms with van der Waals surface area (Å²) in [5, 5.41) is 10.4. The molecule has 0 aliphatic carbocycles. The predicted molar refractivity (Wildman–Crippen MR) is 108 cm³/mol. The van der Waals surface area contributed by atoms with E-state index in [0.29, 0.717) is 19.7 Å². The molecular formula is C16H25IN6O2. The summed E-state index contributed by atoms with van der Waals surface area (Å²) in [5.74, 6) is 3.07. The van der Waals surface area contributed by atoms with Crippen molar-refractivity contribution in [3.63, 3.8) is 0 Å². The largest absolute Gasteiger partial charge is 0.497 e. The number of aromatic nitrogens is 3. The van der Waals surface area contributed by atoms with Crippen LogP contribution in [0.5, 0.6) is 11.5 Å². The third-order valence-corrected chi connectivity index (χ3v) is 3.23. The van der Waals surface area contributed by atoms with E-state index in [1.807, 2.05) is 38.2 Å². The first-order valence-electron chi connectivity index (χ1n) is 7.84. The number of methoxy groups -OCH3 is 1. The summed E-state index contributed by atoms with van der Waals surface area (Å²) in [4.78, 5) is 8.64. The van der Waals surface area contributed by atoms with Crippen LogP contribution in [0, 0.1) is 0 Å². The average molecular weight is 460 g/mol. The second-order valence-corrected chi connectivity index (χ2v) is 4.95. The van der Waals surface area contributed by atoms with Gasteiger partial charge in [0.15, 0.2) is 5.96 Å². The summed E-state index contributed by atoms with van der Waals surface area (Å²) in [6.07, 6.45) is 1.52. The van der Waals surface area contributed by atoms with Gasteiger partial charge in [0.2, 0.25) is 0 Å². The van der Waals surface area contributed by atoms with Crippen LogP contribution >= 0.6 is 24.0 Å². The van der Waals surface area contributed by atoms with Gasteiger partial charge in [-0.3, -0.25) is 4.68 Å². The Morgan fingerprint density at radius 2 is 2.08 bits per heavy atom. The number of rotatable bonds is 8. The maximum absolute atomic E-state index is 5.69. The smallest absolute Gasteiger partial charge is 0.191 e. The minimum absolute atomic E-state index is 0. The lowest BCUT2D eigenvalue weighted by Gasteiger charge is -2.12. The molecule has 0 fully saturated rings. The van der Waals surface area contributed by atoms with Gasteiger partial charge in [0.25, 0.3) is 0 Å². The number of guanidine groups is 1. The zero-order valence-electron chi connectivity index (χ0n) is 14.7. The summed E-state index contributed by atoms with van der Waals surface area (Å²) in [5.41, 5.74) is 0. The first-order valence-corrected chi connectivity index (χ1v) is 7.84. The summed E-state index contributed by atoms with van der Waals surface area (Å²) in [6, 6.07) is 7.53. The van der Waals surface area contributed by atoms with Crippen molar-refractivity contribution in [1.29, 1.82) is 0 Å². The SMILES string of the molecule is CCNC(=NCc1ncnn1C)NCCOc1cccc(OC)c1.I. The number of hydrogen-bond acceptors (Lipinski definition) is 5. The average Bonchev–Trinajstić information content (AvgIpc) is 3.01. The molecule has 2 aromatic rings. The number of halogens is 1. The summed E-state index contributed by atoms with van der Waals surface area (Å²) in [6.45, 7) is 4.40. The van der Waals surface area contributed by atoms with Gasteiger partial charge < -0.3 is 20.1 Å². The van der Waals surface area contributed by atoms with Crippen LogP contribution in [0.4, 0.5) is 0 Å². The fourth-order valence-electron chi connectivity index (χ4n) is 1.98. The number of hydrogen-bond donors (Lipinski definition) is 2. The number of benzene rings is 1. The second kappa shape index (κ2) is 11.5. The Morgan fingerprint density at radius 1 is 1.28 bits per heavy atom. The Labute approximate surface area is 165 Å². The van der Waals surface area contributed by atoms with Crippen molar-refractivity contribution >= 4 is 29.9 Å². The Kier molecular flexibility index (Phi) is 9.66. The highest BCUT2D eigenvalue weighted by Crippen LogP contribution is 2.18. The van der Waals surface area contributed by atoms with Gasteiger partial charge >= 0.3 is 0 Å². The highest BCUT2D eigenvalue weighted by atomic mass is 127. The quantitative estimate of drug-likeness (QED) is 0.269. The molecule has 0 aliphatic rings. The van der Waals surface area contributed by atoms with E-state index in [1.165, 1.54) is 6.33 Å². The van der Waals surface area contributed by atoms with E-state index in [2.05, 4.69) is 25.7 Å². The van der Waals surface area contributed by atoms with Crippen LogP contribution in [-0.2, 0) is 13.6 Å². The molecule has 0 amide bonds. The molecule has 2 rings (SSSR count). The molecule has 0 spiro atoms. The summed E-state index contributed by atoms with van der Waals surface area (Å²) in [7, 11) is 3.48. The fraction of sp³-hybridized carbons (Fsp3) is 0.438. The third kappa shape index (κ3) is 7.16. The van der Waals surface area contributed by atoms with Gasteiger partial charge in [-0.25, -0.2) is 9.98 Å². The maximum Gasteiger partial charge on any atom is 0.191 e. The standard InChI is InChI=1S/C16H24N6O2.HI/c1-4-17-16(19-11-15-20-12-21-22(15)2)18-8-9-24-14-7-5-6-13(10-14)23-3;/h5-7,10,12H,4,8-9,11H2,1-3H3,(H2,17,18,19);1H. The summed E-state index contributed by atoms with van der Waals surface area (Å²) >= 11 is 0. The molecule has 9 heteroatoms. The zero-order valence-corrected chi connectivity index (χ0v) is 17.1. The van der Waals surface area contributed by atoms with E-state index in [9.17, 15) is 0 Å². The molecule has 0 aliphatic heterocycles. The van der Waals surface area contributed by atoms with Crippen LogP contribution in [0.15, 0.2) is 35.6 Å². The molecule has 0 atom stereocenters. The number of aryl methyl sites for hydroxylation is 1. The van der Waals surface area contributed by atoms with Crippen molar-refractivity contribution in [3.05, 3.63) is 36.4 Å². The predicted octanol–water partition coefficient (Wildman–Crippen LogP) is 1.58. The lowest BCUT2D eigenvalue weighted by Crippen LogP contribution is -2.39. The maximum atomic E-state index is 5.69. The van der Waals surface area contributed by atoms with E-state index in [-0.39, 0.29) is 24.0 Å². The number of nitrogens with zero attached hydrogens (tertiary/aromatic N) is 4. The Bertz CT molecular complexity index is 662. The lowest BCUT2D eigenvalue weighted by molar-refractivity contribution is 0.319. The van der Waals surface area contributed by atoms with Gasteiger partial charge in [-0.1, -0.05) is 6.07 Å². The van der Waals surface area contributed by atoms with E-state index in [4.69, 9.17) is 9.47 Å². The molecule has 25 heavy (non-hydrogen) atoms. The van der Waals surface area contributed by atoms with E-state index in [1.54, 1.807) is 11.8 Å². The molecule has 0 saturated heterocycles. The van der Waals surface area contributed by atoms with Crippen molar-refractivity contribution in [2.24, 2.45) is 12.0 Å². The zero-order chi connectivity index (χ0) is 17.2. The van der Waals surface area contributed by atoms with Crippen molar-refractivity contribution in [3.8, 4) is 11.5 Å².